The lowest BCUT2D eigenvalue weighted by atomic mass is 9.97. The first kappa shape index (κ1) is 18.4. The van der Waals surface area contributed by atoms with E-state index in [1.165, 1.54) is 12.7 Å². The second-order valence-electron chi connectivity index (χ2n) is 4.81. The molecule has 0 saturated heterocycles. The second-order valence-corrected chi connectivity index (χ2v) is 4.81. The number of hydrogen-bond acceptors (Lipinski definition) is 4. The van der Waals surface area contributed by atoms with E-state index in [0.29, 0.717) is 5.57 Å². The molecule has 4 heteroatoms. The lowest BCUT2D eigenvalue weighted by molar-refractivity contribution is -0.114. The molecule has 4 nitrogen and oxygen atoms in total. The Morgan fingerprint density at radius 1 is 1.30 bits per heavy atom. The predicted octanol–water partition coefficient (Wildman–Crippen LogP) is 2.45. The van der Waals surface area contributed by atoms with Crippen molar-refractivity contribution in [2.45, 2.75) is 19.8 Å². The van der Waals surface area contributed by atoms with Crippen LogP contribution >= 0.6 is 0 Å². The first-order valence-corrected chi connectivity index (χ1v) is 6.96. The molecule has 0 amide bonds. The van der Waals surface area contributed by atoms with Crippen molar-refractivity contribution in [3.63, 3.8) is 0 Å². The standard InChI is InChI=1S/C13H22N2O.C3H6O/c1-5-14(3)8-6-7-9-15(4)12-10-11(2)13(12)16;1-3-4-2/h10H,2,5-9H2,1,3-4H3;3H,1H2,2H3. The number of methoxy groups -OCH3 is 1. The first-order chi connectivity index (χ1) is 9.47. The molecule has 0 spiro atoms. The number of nitrogens with zero attached hydrogens (tertiary/aromatic N) is 2. The van der Waals surface area contributed by atoms with Crippen LogP contribution in [0.5, 0.6) is 0 Å². The zero-order chi connectivity index (χ0) is 15.5. The first-order valence-electron chi connectivity index (χ1n) is 6.96. The van der Waals surface area contributed by atoms with Gasteiger partial charge in [0.05, 0.1) is 19.1 Å². The highest BCUT2D eigenvalue weighted by Gasteiger charge is 2.24. The van der Waals surface area contributed by atoms with Gasteiger partial charge in [-0.25, -0.2) is 0 Å². The minimum absolute atomic E-state index is 0.105. The summed E-state index contributed by atoms with van der Waals surface area (Å²) in [4.78, 5) is 15.7. The average molecular weight is 280 g/mol. The number of carbonyl (C=O) groups excluding carboxylic acids is 1. The summed E-state index contributed by atoms with van der Waals surface area (Å²) in [5.41, 5.74) is 1.45. The third kappa shape index (κ3) is 6.57. The van der Waals surface area contributed by atoms with Gasteiger partial charge in [-0.1, -0.05) is 20.1 Å². The molecule has 20 heavy (non-hydrogen) atoms. The highest BCUT2D eigenvalue weighted by molar-refractivity contribution is 6.16. The summed E-state index contributed by atoms with van der Waals surface area (Å²) in [6.07, 6.45) is 5.54. The zero-order valence-electron chi connectivity index (χ0n) is 13.3. The van der Waals surface area contributed by atoms with Crippen molar-refractivity contribution in [1.29, 1.82) is 0 Å². The molecule has 1 aliphatic rings. The van der Waals surface area contributed by atoms with Gasteiger partial charge in [-0.05, 0) is 39.1 Å². The molecule has 0 bridgehead atoms. The molecule has 0 unspecified atom stereocenters. The van der Waals surface area contributed by atoms with Gasteiger partial charge in [-0.2, -0.15) is 0 Å². The van der Waals surface area contributed by atoms with Crippen LogP contribution in [-0.4, -0.2) is 56.4 Å². The molecule has 0 aromatic carbocycles. The van der Waals surface area contributed by atoms with Crippen molar-refractivity contribution < 1.29 is 9.53 Å². The minimum atomic E-state index is 0.105. The average Bonchev–Trinajstić information content (AvgIpc) is 2.48. The van der Waals surface area contributed by atoms with Gasteiger partial charge in [0.15, 0.2) is 0 Å². The quantitative estimate of drug-likeness (QED) is 0.388. The van der Waals surface area contributed by atoms with Crippen LogP contribution in [0.1, 0.15) is 19.8 Å². The van der Waals surface area contributed by atoms with Crippen LogP contribution in [-0.2, 0) is 9.53 Å². The third-order valence-electron chi connectivity index (χ3n) is 3.24. The number of allylic oxidation sites excluding steroid dienone is 2. The maximum absolute atomic E-state index is 11.4. The SMILES string of the molecule is C=C1C=C(N(C)CCCCN(C)CC)C1=O.C=COC. The summed E-state index contributed by atoms with van der Waals surface area (Å²) in [5, 5.41) is 0. The van der Waals surface area contributed by atoms with Crippen molar-refractivity contribution in [1.82, 2.24) is 9.80 Å². The van der Waals surface area contributed by atoms with Crippen LogP contribution in [0.3, 0.4) is 0 Å². The third-order valence-corrected chi connectivity index (χ3v) is 3.24. The molecule has 0 heterocycles. The van der Waals surface area contributed by atoms with E-state index in [1.54, 1.807) is 7.11 Å². The van der Waals surface area contributed by atoms with E-state index >= 15 is 0 Å². The number of unbranched alkanes of at least 4 members (excludes halogenated alkanes) is 1. The number of ketones is 1. The number of likely N-dealkylation sites (N-methyl/N-ethyl adjacent to an activating group) is 1. The summed E-state index contributed by atoms with van der Waals surface area (Å²) in [5.74, 6) is 0.105. The fourth-order valence-corrected chi connectivity index (χ4v) is 1.68. The molecule has 0 saturated carbocycles. The number of ether oxygens (including phenoxy) is 1. The van der Waals surface area contributed by atoms with Crippen molar-refractivity contribution >= 4 is 5.78 Å². The van der Waals surface area contributed by atoms with Gasteiger partial charge in [0.2, 0.25) is 5.78 Å². The van der Waals surface area contributed by atoms with E-state index in [2.05, 4.69) is 36.8 Å². The predicted molar refractivity (Wildman–Crippen MR) is 84.5 cm³/mol. The normalized spacial score (nSPS) is 13.2. The maximum Gasteiger partial charge on any atom is 0.208 e. The van der Waals surface area contributed by atoms with Gasteiger partial charge < -0.3 is 14.5 Å². The number of hydrogen-bond donors (Lipinski definition) is 0. The van der Waals surface area contributed by atoms with Crippen LogP contribution in [0, 0.1) is 0 Å². The second kappa shape index (κ2) is 10.3. The smallest absolute Gasteiger partial charge is 0.208 e. The Balaban J connectivity index is 0.000000796. The van der Waals surface area contributed by atoms with E-state index < -0.39 is 0 Å². The van der Waals surface area contributed by atoms with Gasteiger partial charge in [-0.3, -0.25) is 4.79 Å². The van der Waals surface area contributed by atoms with Crippen LogP contribution in [0.25, 0.3) is 0 Å². The van der Waals surface area contributed by atoms with E-state index in [-0.39, 0.29) is 5.78 Å². The van der Waals surface area contributed by atoms with E-state index in [1.807, 2.05) is 18.0 Å². The Bertz CT molecular complexity index is 361. The van der Waals surface area contributed by atoms with Gasteiger partial charge in [0, 0.05) is 19.2 Å². The highest BCUT2D eigenvalue weighted by atomic mass is 16.5. The fourth-order valence-electron chi connectivity index (χ4n) is 1.68. The van der Waals surface area contributed by atoms with Crippen LogP contribution < -0.4 is 0 Å². The van der Waals surface area contributed by atoms with Crippen molar-refractivity contribution in [2.75, 3.05) is 40.8 Å². The topological polar surface area (TPSA) is 32.8 Å². The van der Waals surface area contributed by atoms with Crippen LogP contribution in [0.4, 0.5) is 0 Å². The van der Waals surface area contributed by atoms with Gasteiger partial charge in [0.1, 0.15) is 0 Å². The molecular formula is C16H28N2O2. The van der Waals surface area contributed by atoms with E-state index in [4.69, 9.17) is 0 Å². The maximum atomic E-state index is 11.4. The van der Waals surface area contributed by atoms with E-state index in [0.717, 1.165) is 31.8 Å². The Morgan fingerprint density at radius 2 is 1.85 bits per heavy atom. The molecule has 1 aliphatic carbocycles. The Labute approximate surface area is 123 Å². The molecule has 114 valence electrons. The lowest BCUT2D eigenvalue weighted by Crippen LogP contribution is -2.31. The van der Waals surface area contributed by atoms with Gasteiger partial charge in [0.25, 0.3) is 0 Å². The number of rotatable bonds is 8. The zero-order valence-corrected chi connectivity index (χ0v) is 13.3. The Hall–Kier alpha value is -1.55. The summed E-state index contributed by atoms with van der Waals surface area (Å²) in [7, 11) is 5.67. The molecule has 0 aromatic rings. The van der Waals surface area contributed by atoms with Crippen molar-refractivity contribution in [3.8, 4) is 0 Å². The molecule has 0 aromatic heterocycles. The molecule has 0 fully saturated rings. The summed E-state index contributed by atoms with van der Waals surface area (Å²) in [6.45, 7) is 12.2. The summed E-state index contributed by atoms with van der Waals surface area (Å²) in [6, 6.07) is 0. The molecule has 0 N–H and O–H groups in total. The van der Waals surface area contributed by atoms with Crippen LogP contribution in [0.2, 0.25) is 0 Å². The largest absolute Gasteiger partial charge is 0.505 e. The number of carbonyl (C=O) groups is 1. The fraction of sp³-hybridized carbons (Fsp3) is 0.562. The van der Waals surface area contributed by atoms with Crippen molar-refractivity contribution in [2.24, 2.45) is 0 Å². The van der Waals surface area contributed by atoms with Crippen LogP contribution in [0.15, 0.2) is 36.8 Å². The number of Topliss-reactive ketones (excluding diaryl/α,β-unsaturated/α-hetero) is 1. The van der Waals surface area contributed by atoms with Crippen molar-refractivity contribution in [3.05, 3.63) is 36.8 Å². The highest BCUT2D eigenvalue weighted by Crippen LogP contribution is 2.21. The Morgan fingerprint density at radius 3 is 2.25 bits per heavy atom. The molecule has 0 aliphatic heterocycles. The molecular weight excluding hydrogens is 252 g/mol. The van der Waals surface area contributed by atoms with Gasteiger partial charge >= 0.3 is 0 Å². The van der Waals surface area contributed by atoms with E-state index in [9.17, 15) is 4.79 Å². The molecule has 0 atom stereocenters. The molecule has 0 radical (unpaired) electrons. The summed E-state index contributed by atoms with van der Waals surface area (Å²) < 4.78 is 4.31. The Kier molecular flexibility index (Phi) is 9.47. The lowest BCUT2D eigenvalue weighted by Gasteiger charge is -2.27. The van der Waals surface area contributed by atoms with Gasteiger partial charge in [-0.15, -0.1) is 0 Å². The monoisotopic (exact) mass is 280 g/mol. The molecule has 1 rings (SSSR count). The summed E-state index contributed by atoms with van der Waals surface area (Å²) >= 11 is 0. The minimum Gasteiger partial charge on any atom is -0.505 e.